The molecule has 0 aliphatic carbocycles. The topological polar surface area (TPSA) is 199 Å². The van der Waals surface area contributed by atoms with Crippen LogP contribution in [0.4, 0.5) is 5.69 Å². The average molecular weight is 533 g/mol. The number of carboxylic acids is 1. The van der Waals surface area contributed by atoms with E-state index in [2.05, 4.69) is 20.0 Å². The lowest BCUT2D eigenvalue weighted by Gasteiger charge is -2.14. The van der Waals surface area contributed by atoms with Crippen molar-refractivity contribution in [2.24, 2.45) is 16.5 Å². The first-order valence-electron chi connectivity index (χ1n) is 10.5. The molecule has 1 aromatic carbocycles. The quantitative estimate of drug-likeness (QED) is 0.131. The maximum Gasteiger partial charge on any atom is 0.326 e. The number of carboxylic acid groups (broad SMARTS) is 1. The molecule has 36 heavy (non-hydrogen) atoms. The van der Waals surface area contributed by atoms with Gasteiger partial charge in [-0.25, -0.2) is 18.2 Å². The maximum absolute atomic E-state index is 12.9. The van der Waals surface area contributed by atoms with Gasteiger partial charge in [-0.3, -0.25) is 14.5 Å². The van der Waals surface area contributed by atoms with Crippen LogP contribution in [0.25, 0.3) is 0 Å². The van der Waals surface area contributed by atoms with E-state index in [0.29, 0.717) is 12.2 Å². The molecule has 14 heteroatoms. The van der Waals surface area contributed by atoms with E-state index in [1.807, 2.05) is 6.07 Å². The normalized spacial score (nSPS) is 11.8. The molecule has 0 radical (unpaired) electrons. The number of aromatic nitrogens is 1. The summed E-state index contributed by atoms with van der Waals surface area (Å²) in [5.41, 5.74) is 10.5. The van der Waals surface area contributed by atoms with Crippen molar-refractivity contribution < 1.29 is 27.9 Å². The molecule has 0 aliphatic rings. The summed E-state index contributed by atoms with van der Waals surface area (Å²) in [7, 11) is -4.10. The van der Waals surface area contributed by atoms with Crippen molar-refractivity contribution in [3.05, 3.63) is 65.0 Å². The van der Waals surface area contributed by atoms with E-state index < -0.39 is 27.9 Å². The lowest BCUT2D eigenvalue weighted by atomic mass is 10.1. The highest BCUT2D eigenvalue weighted by Gasteiger charge is 2.25. The van der Waals surface area contributed by atoms with Crippen LogP contribution in [0, 0.1) is 0 Å². The van der Waals surface area contributed by atoms with Crippen molar-refractivity contribution in [3.8, 4) is 11.6 Å². The summed E-state index contributed by atoms with van der Waals surface area (Å²) >= 11 is 0.961. The molecule has 0 saturated heterocycles. The second-order valence-corrected chi connectivity index (χ2v) is 9.93. The number of aliphatic carboxylic acids is 1. The van der Waals surface area contributed by atoms with Crippen LogP contribution in [-0.2, 0) is 14.8 Å². The van der Waals surface area contributed by atoms with Gasteiger partial charge in [0.25, 0.3) is 15.9 Å². The van der Waals surface area contributed by atoms with Crippen LogP contribution in [0.2, 0.25) is 0 Å². The molecule has 3 rings (SSSR count). The summed E-state index contributed by atoms with van der Waals surface area (Å²) in [6.07, 6.45) is 1.52. The minimum Gasteiger partial charge on any atom is -0.480 e. The molecule has 3 aromatic rings. The lowest BCUT2D eigenvalue weighted by Crippen LogP contribution is -2.40. The van der Waals surface area contributed by atoms with E-state index in [1.54, 1.807) is 24.3 Å². The Labute approximate surface area is 211 Å². The Morgan fingerprint density at radius 2 is 1.89 bits per heavy atom. The third kappa shape index (κ3) is 7.41. The van der Waals surface area contributed by atoms with E-state index in [9.17, 15) is 23.1 Å². The van der Waals surface area contributed by atoms with Gasteiger partial charge in [0.15, 0.2) is 5.96 Å². The molecule has 0 bridgehead atoms. The molecule has 2 aromatic heterocycles. The molecule has 1 amide bonds. The first-order chi connectivity index (χ1) is 17.2. The van der Waals surface area contributed by atoms with E-state index in [-0.39, 0.29) is 40.3 Å². The number of hydrogen-bond acceptors (Lipinski definition) is 8. The fraction of sp³-hybridized carbons (Fsp3) is 0.182. The predicted octanol–water partition coefficient (Wildman–Crippen LogP) is 1.97. The average Bonchev–Trinajstić information content (AvgIpc) is 3.29. The Kier molecular flexibility index (Phi) is 8.81. The molecule has 0 fully saturated rings. The number of nitrogens with one attached hydrogen (secondary N) is 2. The van der Waals surface area contributed by atoms with Gasteiger partial charge >= 0.3 is 5.97 Å². The molecule has 0 aliphatic heterocycles. The maximum atomic E-state index is 12.9. The SMILES string of the molecule is NC(N)=NCCC[C@H](NC(=O)c1sccc1NS(=O)(=O)c1ccc(Oc2ccccc2)nc1)C(=O)O. The Balaban J connectivity index is 1.67. The van der Waals surface area contributed by atoms with Crippen molar-refractivity contribution in [3.63, 3.8) is 0 Å². The molecule has 0 saturated carbocycles. The van der Waals surface area contributed by atoms with Crippen LogP contribution < -0.4 is 26.2 Å². The second-order valence-electron chi connectivity index (χ2n) is 7.33. The minimum atomic E-state index is -4.10. The largest absolute Gasteiger partial charge is 0.480 e. The van der Waals surface area contributed by atoms with Crippen LogP contribution in [0.5, 0.6) is 11.6 Å². The van der Waals surface area contributed by atoms with Crippen molar-refractivity contribution >= 4 is 44.9 Å². The van der Waals surface area contributed by atoms with E-state index >= 15 is 0 Å². The van der Waals surface area contributed by atoms with E-state index in [0.717, 1.165) is 17.5 Å². The number of nitrogens with zero attached hydrogens (tertiary/aromatic N) is 2. The fourth-order valence-corrected chi connectivity index (χ4v) is 4.78. The summed E-state index contributed by atoms with van der Waals surface area (Å²) < 4.78 is 33.6. The number of carbonyl (C=O) groups excluding carboxylic acids is 1. The van der Waals surface area contributed by atoms with Crippen molar-refractivity contribution in [1.82, 2.24) is 10.3 Å². The number of rotatable bonds is 12. The van der Waals surface area contributed by atoms with Crippen LogP contribution in [0.3, 0.4) is 0 Å². The highest BCUT2D eigenvalue weighted by molar-refractivity contribution is 7.92. The van der Waals surface area contributed by atoms with Crippen LogP contribution in [-0.4, -0.2) is 48.9 Å². The molecular formula is C22H24N6O6S2. The van der Waals surface area contributed by atoms with Gasteiger partial charge in [-0.2, -0.15) is 0 Å². The summed E-state index contributed by atoms with van der Waals surface area (Å²) in [6, 6.07) is 11.8. The molecule has 12 nitrogen and oxygen atoms in total. The Hall–Kier alpha value is -4.17. The number of pyridine rings is 1. The fourth-order valence-electron chi connectivity index (χ4n) is 2.95. The van der Waals surface area contributed by atoms with Gasteiger partial charge in [0.1, 0.15) is 21.6 Å². The van der Waals surface area contributed by atoms with Gasteiger partial charge < -0.3 is 26.6 Å². The Bertz CT molecular complexity index is 1320. The number of thiophene rings is 1. The zero-order valence-electron chi connectivity index (χ0n) is 18.8. The molecule has 190 valence electrons. The molecule has 7 N–H and O–H groups in total. The van der Waals surface area contributed by atoms with Gasteiger partial charge in [-0.15, -0.1) is 11.3 Å². The number of guanidine groups is 1. The molecular weight excluding hydrogens is 508 g/mol. The highest BCUT2D eigenvalue weighted by atomic mass is 32.2. The molecule has 0 unspecified atom stereocenters. The summed E-state index contributed by atoms with van der Waals surface area (Å²) in [5.74, 6) is -1.34. The summed E-state index contributed by atoms with van der Waals surface area (Å²) in [4.78, 5) is 31.9. The summed E-state index contributed by atoms with van der Waals surface area (Å²) in [6.45, 7) is 0.204. The predicted molar refractivity (Wildman–Crippen MR) is 135 cm³/mol. The van der Waals surface area contributed by atoms with Gasteiger partial charge in [0.2, 0.25) is 5.88 Å². The van der Waals surface area contributed by atoms with Crippen molar-refractivity contribution in [2.75, 3.05) is 11.3 Å². The second kappa shape index (κ2) is 12.0. The third-order valence-electron chi connectivity index (χ3n) is 4.65. The van der Waals surface area contributed by atoms with Crippen LogP contribution in [0.1, 0.15) is 22.5 Å². The Morgan fingerprint density at radius 1 is 1.14 bits per heavy atom. The first kappa shape index (κ1) is 26.4. The smallest absolute Gasteiger partial charge is 0.326 e. The zero-order valence-corrected chi connectivity index (χ0v) is 20.5. The number of sulfonamides is 1. The van der Waals surface area contributed by atoms with Crippen molar-refractivity contribution in [2.45, 2.75) is 23.8 Å². The number of hydrogen-bond donors (Lipinski definition) is 5. The van der Waals surface area contributed by atoms with Gasteiger partial charge in [0.05, 0.1) is 11.9 Å². The number of para-hydroxylation sites is 1. The number of nitrogens with two attached hydrogens (primary N) is 2. The summed E-state index contributed by atoms with van der Waals surface area (Å²) in [5, 5.41) is 13.3. The van der Waals surface area contributed by atoms with Gasteiger partial charge in [0, 0.05) is 12.6 Å². The lowest BCUT2D eigenvalue weighted by molar-refractivity contribution is -0.139. The number of benzene rings is 1. The highest BCUT2D eigenvalue weighted by Crippen LogP contribution is 2.26. The molecule has 1 atom stereocenters. The third-order valence-corrected chi connectivity index (χ3v) is 6.91. The Morgan fingerprint density at radius 3 is 2.53 bits per heavy atom. The van der Waals surface area contributed by atoms with Crippen molar-refractivity contribution in [1.29, 1.82) is 0 Å². The van der Waals surface area contributed by atoms with Crippen LogP contribution in [0.15, 0.2) is 70.0 Å². The van der Waals surface area contributed by atoms with Gasteiger partial charge in [-0.1, -0.05) is 18.2 Å². The zero-order chi connectivity index (χ0) is 26.1. The number of ether oxygens (including phenoxy) is 1. The monoisotopic (exact) mass is 532 g/mol. The molecule has 0 spiro atoms. The van der Waals surface area contributed by atoms with Gasteiger partial charge in [-0.05, 0) is 42.5 Å². The molecule has 2 heterocycles. The number of amides is 1. The van der Waals surface area contributed by atoms with E-state index in [1.165, 1.54) is 23.6 Å². The number of aliphatic imine (C=N–C) groups is 1. The van der Waals surface area contributed by atoms with E-state index in [4.69, 9.17) is 16.2 Å². The number of anilines is 1. The number of carbonyl (C=O) groups is 2. The van der Waals surface area contributed by atoms with Crippen LogP contribution >= 0.6 is 11.3 Å². The minimum absolute atomic E-state index is 0.00559. The first-order valence-corrected chi connectivity index (χ1v) is 12.9. The standard InChI is InChI=1S/C22H24N6O6S2/c23-22(24)25-11-4-7-17(21(30)31)27-20(29)19-16(10-12-35-19)28-36(32,33)15-8-9-18(26-13-15)34-14-5-2-1-3-6-14/h1-3,5-6,8-10,12-13,17,28H,4,7,11H2,(H,27,29)(H,30,31)(H4,23,24,25)/t17-/m0/s1.